The van der Waals surface area contributed by atoms with E-state index in [1.165, 1.54) is 0 Å². The number of carboxylic acid groups (broad SMARTS) is 1. The van der Waals surface area contributed by atoms with Gasteiger partial charge in [-0.25, -0.2) is 0 Å². The van der Waals surface area contributed by atoms with E-state index in [-0.39, 0.29) is 17.1 Å². The summed E-state index contributed by atoms with van der Waals surface area (Å²) in [5.74, 6) is -1.02. The van der Waals surface area contributed by atoms with E-state index in [1.807, 2.05) is 33.8 Å². The van der Waals surface area contributed by atoms with Crippen molar-refractivity contribution in [3.8, 4) is 0 Å². The molecule has 1 N–H and O–H groups in total. The molecule has 0 atom stereocenters. The maximum Gasteiger partial charge on any atom is 0.323 e. The van der Waals surface area contributed by atoms with E-state index in [1.54, 1.807) is 13.8 Å². The first-order chi connectivity index (χ1) is 11.6. The van der Waals surface area contributed by atoms with E-state index < -0.39 is 24.3 Å². The highest BCUT2D eigenvalue weighted by Crippen LogP contribution is 2.39. The fraction of sp³-hybridized carbons (Fsp3) is 0.421. The molecule has 0 aromatic carbocycles. The largest absolute Gasteiger partial charge is 0.480 e. The lowest BCUT2D eigenvalue weighted by molar-refractivity contribution is -0.147. The number of carbonyl (C=O) groups is 3. The van der Waals surface area contributed by atoms with Crippen LogP contribution in [0.3, 0.4) is 0 Å². The molecule has 2 amide bonds. The van der Waals surface area contributed by atoms with Crippen LogP contribution < -0.4 is 0 Å². The lowest BCUT2D eigenvalue weighted by Gasteiger charge is -2.15. The van der Waals surface area contributed by atoms with Crippen LogP contribution in [-0.2, 0) is 14.4 Å². The number of nitrogens with zero attached hydrogens (tertiary/aromatic N) is 1. The van der Waals surface area contributed by atoms with Crippen LogP contribution in [0.5, 0.6) is 0 Å². The number of rotatable bonds is 4. The standard InChI is InChI=1S/C19H23NO5/c1-9(2)15(13-7-11(5)25-12(13)6)17-16(10(3)4)18(23)20(19(17)24)8-14(21)22/h7,9H,8H2,1-6H3,(H,21,22). The maximum absolute atomic E-state index is 12.9. The third-order valence-corrected chi connectivity index (χ3v) is 4.14. The third-order valence-electron chi connectivity index (χ3n) is 4.14. The first-order valence-electron chi connectivity index (χ1n) is 8.13. The Morgan fingerprint density at radius 1 is 1.16 bits per heavy atom. The topological polar surface area (TPSA) is 87.8 Å². The lowest BCUT2D eigenvalue weighted by atomic mass is 9.87. The molecular weight excluding hydrogens is 322 g/mol. The van der Waals surface area contributed by atoms with Gasteiger partial charge in [0.05, 0.1) is 11.1 Å². The zero-order valence-electron chi connectivity index (χ0n) is 15.4. The number of hydrogen-bond acceptors (Lipinski definition) is 4. The summed E-state index contributed by atoms with van der Waals surface area (Å²) in [5, 5.41) is 9.04. The van der Waals surface area contributed by atoms with Crippen LogP contribution in [-0.4, -0.2) is 34.3 Å². The van der Waals surface area contributed by atoms with Gasteiger partial charge in [0.1, 0.15) is 18.1 Å². The van der Waals surface area contributed by atoms with Crippen LogP contribution in [0, 0.1) is 19.8 Å². The summed E-state index contributed by atoms with van der Waals surface area (Å²) in [6, 6.07) is 1.85. The number of imide groups is 1. The summed E-state index contributed by atoms with van der Waals surface area (Å²) >= 11 is 0. The van der Waals surface area contributed by atoms with Crippen LogP contribution in [0.4, 0.5) is 0 Å². The van der Waals surface area contributed by atoms with Crippen molar-refractivity contribution in [2.45, 2.75) is 41.5 Å². The van der Waals surface area contributed by atoms with Crippen molar-refractivity contribution in [3.05, 3.63) is 39.9 Å². The lowest BCUT2D eigenvalue weighted by Crippen LogP contribution is -2.34. The molecule has 2 heterocycles. The number of allylic oxidation sites excluding steroid dienone is 2. The Balaban J connectivity index is 2.81. The number of likely N-dealkylation sites (tertiary alicyclic amines) is 1. The fourth-order valence-corrected chi connectivity index (χ4v) is 3.20. The minimum atomic E-state index is -1.22. The predicted molar refractivity (Wildman–Crippen MR) is 92.7 cm³/mol. The molecule has 0 spiro atoms. The van der Waals surface area contributed by atoms with Crippen molar-refractivity contribution in [3.63, 3.8) is 0 Å². The van der Waals surface area contributed by atoms with Gasteiger partial charge in [-0.1, -0.05) is 19.4 Å². The molecule has 0 unspecified atom stereocenters. The second-order valence-corrected chi connectivity index (χ2v) is 6.74. The molecular formula is C19H23NO5. The minimum Gasteiger partial charge on any atom is -0.480 e. The van der Waals surface area contributed by atoms with E-state index in [4.69, 9.17) is 9.52 Å². The van der Waals surface area contributed by atoms with Gasteiger partial charge >= 0.3 is 5.97 Å². The molecule has 2 rings (SSSR count). The van der Waals surface area contributed by atoms with Gasteiger partial charge in [0.15, 0.2) is 0 Å². The van der Waals surface area contributed by atoms with Crippen molar-refractivity contribution in [2.24, 2.45) is 5.92 Å². The van der Waals surface area contributed by atoms with Crippen molar-refractivity contribution in [1.29, 1.82) is 0 Å². The molecule has 1 fully saturated rings. The van der Waals surface area contributed by atoms with Crippen LogP contribution in [0.2, 0.25) is 0 Å². The monoisotopic (exact) mass is 345 g/mol. The number of aryl methyl sites for hydroxylation is 2. The number of amides is 2. The molecule has 6 nitrogen and oxygen atoms in total. The van der Waals surface area contributed by atoms with Gasteiger partial charge in [-0.3, -0.25) is 19.3 Å². The first-order valence-corrected chi connectivity index (χ1v) is 8.13. The molecule has 6 heteroatoms. The highest BCUT2D eigenvalue weighted by Gasteiger charge is 2.43. The highest BCUT2D eigenvalue weighted by atomic mass is 16.4. The second-order valence-electron chi connectivity index (χ2n) is 6.74. The van der Waals surface area contributed by atoms with Crippen LogP contribution in [0.1, 0.15) is 44.8 Å². The fourth-order valence-electron chi connectivity index (χ4n) is 3.20. The molecule has 1 aliphatic heterocycles. The Labute approximate surface area is 146 Å². The summed E-state index contributed by atoms with van der Waals surface area (Å²) in [6.07, 6.45) is 0. The minimum absolute atomic E-state index is 0.0541. The van der Waals surface area contributed by atoms with E-state index in [2.05, 4.69) is 0 Å². The molecule has 0 radical (unpaired) electrons. The van der Waals surface area contributed by atoms with Gasteiger partial charge in [-0.15, -0.1) is 0 Å². The number of furan rings is 1. The Hall–Kier alpha value is -2.63. The highest BCUT2D eigenvalue weighted by molar-refractivity contribution is 6.28. The quantitative estimate of drug-likeness (QED) is 0.669. The molecule has 1 saturated heterocycles. The van der Waals surface area contributed by atoms with Gasteiger partial charge in [0, 0.05) is 5.56 Å². The first kappa shape index (κ1) is 18.7. The van der Waals surface area contributed by atoms with Crippen molar-refractivity contribution >= 4 is 23.4 Å². The van der Waals surface area contributed by atoms with Crippen LogP contribution in [0.15, 0.2) is 27.2 Å². The summed E-state index contributed by atoms with van der Waals surface area (Å²) in [7, 11) is 0. The Bertz CT molecular complexity index is 819. The molecule has 0 saturated carbocycles. The molecule has 1 aromatic heterocycles. The molecule has 1 aliphatic rings. The average Bonchev–Trinajstić information content (AvgIpc) is 2.91. The summed E-state index contributed by atoms with van der Waals surface area (Å²) in [4.78, 5) is 37.5. The zero-order valence-corrected chi connectivity index (χ0v) is 15.4. The van der Waals surface area contributed by atoms with Gasteiger partial charge in [-0.05, 0) is 45.3 Å². The van der Waals surface area contributed by atoms with Crippen molar-refractivity contribution in [1.82, 2.24) is 4.90 Å². The van der Waals surface area contributed by atoms with Gasteiger partial charge in [0.25, 0.3) is 11.8 Å². The average molecular weight is 345 g/mol. The molecule has 1 aromatic rings. The predicted octanol–water partition coefficient (Wildman–Crippen LogP) is 3.10. The normalized spacial score (nSPS) is 16.9. The number of aliphatic carboxylic acids is 1. The smallest absolute Gasteiger partial charge is 0.323 e. The number of carbonyl (C=O) groups excluding carboxylic acids is 2. The van der Waals surface area contributed by atoms with Crippen molar-refractivity contribution in [2.75, 3.05) is 6.54 Å². The number of hydrogen-bond donors (Lipinski definition) is 1. The van der Waals surface area contributed by atoms with E-state index in [9.17, 15) is 14.4 Å². The SMILES string of the molecule is CC(C)=C1C(=O)N(CC(=O)O)C(=O)C1=C(c1cc(C)oc1C)C(C)C. The van der Waals surface area contributed by atoms with Crippen LogP contribution >= 0.6 is 0 Å². The Morgan fingerprint density at radius 3 is 2.12 bits per heavy atom. The summed E-state index contributed by atoms with van der Waals surface area (Å²) < 4.78 is 5.60. The van der Waals surface area contributed by atoms with E-state index >= 15 is 0 Å². The van der Waals surface area contributed by atoms with Gasteiger partial charge < -0.3 is 9.52 Å². The Kier molecular flexibility index (Phi) is 5.02. The molecule has 0 bridgehead atoms. The maximum atomic E-state index is 12.9. The van der Waals surface area contributed by atoms with E-state index in [0.717, 1.165) is 10.5 Å². The van der Waals surface area contributed by atoms with Gasteiger partial charge in [0.2, 0.25) is 0 Å². The van der Waals surface area contributed by atoms with E-state index in [0.29, 0.717) is 22.7 Å². The van der Waals surface area contributed by atoms with Crippen molar-refractivity contribution < 1.29 is 23.9 Å². The number of carboxylic acids is 1. The molecule has 0 aliphatic carbocycles. The third kappa shape index (κ3) is 3.29. The second kappa shape index (κ2) is 6.70. The molecule has 25 heavy (non-hydrogen) atoms. The zero-order chi connectivity index (χ0) is 19.0. The van der Waals surface area contributed by atoms with Gasteiger partial charge in [-0.2, -0.15) is 0 Å². The molecule has 134 valence electrons. The Morgan fingerprint density at radius 2 is 1.72 bits per heavy atom. The van der Waals surface area contributed by atoms with Crippen LogP contribution in [0.25, 0.3) is 5.57 Å². The summed E-state index contributed by atoms with van der Waals surface area (Å²) in [6.45, 7) is 10.3. The summed E-state index contributed by atoms with van der Waals surface area (Å²) in [5.41, 5.74) is 2.73.